The molecule has 0 saturated heterocycles. The smallest absolute Gasteiger partial charge is 0.296 e. The quantitative estimate of drug-likeness (QED) is 0.766. The first kappa shape index (κ1) is 10.1. The summed E-state index contributed by atoms with van der Waals surface area (Å²) in [6, 6.07) is 0.666. The first-order chi connectivity index (χ1) is 6.20. The van der Waals surface area contributed by atoms with Gasteiger partial charge in [-0.3, -0.25) is 4.57 Å². The Hall–Kier alpha value is -1.03. The molecule has 1 unspecified atom stereocenters. The topological polar surface area (TPSA) is 53.1 Å². The fourth-order valence-corrected chi connectivity index (χ4v) is 1.30. The van der Waals surface area contributed by atoms with E-state index in [1.807, 2.05) is 18.4 Å². The van der Waals surface area contributed by atoms with Gasteiger partial charge in [0.05, 0.1) is 18.5 Å². The Labute approximate surface area is 78.7 Å². The van der Waals surface area contributed by atoms with E-state index in [0.29, 0.717) is 12.6 Å². The molecule has 74 valence electrons. The van der Waals surface area contributed by atoms with Gasteiger partial charge in [-0.1, -0.05) is 0 Å². The molecule has 1 aromatic rings. The van der Waals surface area contributed by atoms with Gasteiger partial charge in [0.15, 0.2) is 0 Å². The maximum absolute atomic E-state index is 5.78. The Morgan fingerprint density at radius 3 is 2.77 bits per heavy atom. The summed E-state index contributed by atoms with van der Waals surface area (Å²) in [4.78, 5) is 4.16. The first-order valence-corrected chi connectivity index (χ1v) is 4.64. The molecule has 1 heterocycles. The predicted octanol–water partition coefficient (Wildman–Crippen LogP) is 1.32. The van der Waals surface area contributed by atoms with Crippen LogP contribution >= 0.6 is 0 Å². The van der Waals surface area contributed by atoms with Gasteiger partial charge in [0, 0.05) is 12.6 Å². The first-order valence-electron chi connectivity index (χ1n) is 4.64. The maximum Gasteiger partial charge on any atom is 0.296 e. The van der Waals surface area contributed by atoms with E-state index in [1.165, 1.54) is 0 Å². The van der Waals surface area contributed by atoms with Crippen LogP contribution < -0.4 is 10.5 Å². The van der Waals surface area contributed by atoms with E-state index in [2.05, 4.69) is 11.9 Å². The number of nitrogens with zero attached hydrogens (tertiary/aromatic N) is 2. The summed E-state index contributed by atoms with van der Waals surface area (Å²) < 4.78 is 7.35. The summed E-state index contributed by atoms with van der Waals surface area (Å²) in [7, 11) is 0. The van der Waals surface area contributed by atoms with Gasteiger partial charge >= 0.3 is 0 Å². The molecule has 1 aromatic heterocycles. The zero-order valence-electron chi connectivity index (χ0n) is 8.45. The molecule has 1 rings (SSSR count). The Balaban J connectivity index is 2.96. The summed E-state index contributed by atoms with van der Waals surface area (Å²) in [6.07, 6.45) is 1.78. The van der Waals surface area contributed by atoms with Crippen molar-refractivity contribution in [2.45, 2.75) is 33.4 Å². The summed E-state index contributed by atoms with van der Waals surface area (Å²) >= 11 is 0. The predicted molar refractivity (Wildman–Crippen MR) is 51.7 cm³/mol. The molecule has 4 nitrogen and oxygen atoms in total. The van der Waals surface area contributed by atoms with Crippen LogP contribution in [0.25, 0.3) is 0 Å². The molecule has 0 aliphatic rings. The van der Waals surface area contributed by atoms with Gasteiger partial charge in [0.2, 0.25) is 0 Å². The van der Waals surface area contributed by atoms with Crippen molar-refractivity contribution >= 4 is 0 Å². The fraction of sp³-hybridized carbons (Fsp3) is 0.667. The molecular weight excluding hydrogens is 166 g/mol. The molecule has 0 bridgehead atoms. The molecule has 13 heavy (non-hydrogen) atoms. The van der Waals surface area contributed by atoms with Crippen LogP contribution in [-0.2, 0) is 6.54 Å². The average Bonchev–Trinajstić information content (AvgIpc) is 2.48. The van der Waals surface area contributed by atoms with Crippen molar-refractivity contribution in [2.24, 2.45) is 5.73 Å². The van der Waals surface area contributed by atoms with Crippen molar-refractivity contribution in [3.63, 3.8) is 0 Å². The summed E-state index contributed by atoms with van der Waals surface area (Å²) in [6.45, 7) is 7.41. The maximum atomic E-state index is 5.78. The van der Waals surface area contributed by atoms with E-state index >= 15 is 0 Å². The Kier molecular flexibility index (Phi) is 3.31. The van der Waals surface area contributed by atoms with Crippen molar-refractivity contribution in [3.05, 3.63) is 11.9 Å². The highest BCUT2D eigenvalue weighted by Crippen LogP contribution is 2.17. The lowest BCUT2D eigenvalue weighted by atomic mass is 10.3. The summed E-state index contributed by atoms with van der Waals surface area (Å²) in [5.41, 5.74) is 6.80. The van der Waals surface area contributed by atoms with Crippen molar-refractivity contribution < 1.29 is 4.74 Å². The number of aromatic nitrogens is 2. The molecule has 0 amide bonds. The number of nitrogens with two attached hydrogens (primary N) is 1. The third-order valence-corrected chi connectivity index (χ3v) is 1.91. The Morgan fingerprint density at radius 1 is 1.62 bits per heavy atom. The normalized spacial score (nSPS) is 12.9. The van der Waals surface area contributed by atoms with Crippen LogP contribution in [0.3, 0.4) is 0 Å². The minimum atomic E-state index is 0.00153. The standard InChI is InChI=1S/C9H17N3O/c1-4-12-8(7(3)10)6-11-9(12)13-5-2/h6-7H,4-5,10H2,1-3H3. The molecule has 0 aliphatic carbocycles. The lowest BCUT2D eigenvalue weighted by Gasteiger charge is -2.10. The zero-order chi connectivity index (χ0) is 9.84. The monoisotopic (exact) mass is 183 g/mol. The van der Waals surface area contributed by atoms with Crippen LogP contribution in [0.4, 0.5) is 0 Å². The number of imidazole rings is 1. The fourth-order valence-electron chi connectivity index (χ4n) is 1.30. The minimum Gasteiger partial charge on any atom is -0.465 e. The van der Waals surface area contributed by atoms with Crippen LogP contribution in [0.2, 0.25) is 0 Å². The van der Waals surface area contributed by atoms with Gasteiger partial charge < -0.3 is 10.5 Å². The molecule has 4 heteroatoms. The van der Waals surface area contributed by atoms with Crippen molar-refractivity contribution in [3.8, 4) is 6.01 Å². The molecule has 1 atom stereocenters. The minimum absolute atomic E-state index is 0.00153. The second-order valence-corrected chi connectivity index (χ2v) is 2.93. The average molecular weight is 183 g/mol. The van der Waals surface area contributed by atoms with Gasteiger partial charge in [0.1, 0.15) is 0 Å². The van der Waals surface area contributed by atoms with Crippen LogP contribution in [-0.4, -0.2) is 16.2 Å². The van der Waals surface area contributed by atoms with Gasteiger partial charge in [-0.25, -0.2) is 4.98 Å². The van der Waals surface area contributed by atoms with Gasteiger partial charge in [-0.2, -0.15) is 0 Å². The van der Waals surface area contributed by atoms with E-state index in [4.69, 9.17) is 10.5 Å². The number of rotatable bonds is 4. The van der Waals surface area contributed by atoms with Crippen LogP contribution in [0, 0.1) is 0 Å². The second-order valence-electron chi connectivity index (χ2n) is 2.93. The van der Waals surface area contributed by atoms with Crippen LogP contribution in [0.1, 0.15) is 32.5 Å². The lowest BCUT2D eigenvalue weighted by molar-refractivity contribution is 0.295. The SMILES string of the molecule is CCOc1ncc(C(C)N)n1CC. The molecule has 0 radical (unpaired) electrons. The van der Waals surface area contributed by atoms with Gasteiger partial charge in [0.25, 0.3) is 6.01 Å². The molecule has 0 aromatic carbocycles. The highest BCUT2D eigenvalue weighted by Gasteiger charge is 2.11. The summed E-state index contributed by atoms with van der Waals surface area (Å²) in [5.74, 6) is 0. The van der Waals surface area contributed by atoms with E-state index in [-0.39, 0.29) is 6.04 Å². The molecular formula is C9H17N3O. The highest BCUT2D eigenvalue weighted by atomic mass is 16.5. The van der Waals surface area contributed by atoms with Crippen LogP contribution in [0.15, 0.2) is 6.20 Å². The lowest BCUT2D eigenvalue weighted by Crippen LogP contribution is -2.12. The number of ether oxygens (including phenoxy) is 1. The van der Waals surface area contributed by atoms with Crippen molar-refractivity contribution in [1.82, 2.24) is 9.55 Å². The van der Waals surface area contributed by atoms with E-state index < -0.39 is 0 Å². The van der Waals surface area contributed by atoms with E-state index in [0.717, 1.165) is 12.2 Å². The number of hydrogen-bond acceptors (Lipinski definition) is 3. The van der Waals surface area contributed by atoms with Crippen molar-refractivity contribution in [2.75, 3.05) is 6.61 Å². The molecule has 0 fully saturated rings. The molecule has 2 N–H and O–H groups in total. The zero-order valence-corrected chi connectivity index (χ0v) is 8.45. The third kappa shape index (κ3) is 2.01. The second kappa shape index (κ2) is 4.28. The largest absolute Gasteiger partial charge is 0.465 e. The van der Waals surface area contributed by atoms with E-state index in [9.17, 15) is 0 Å². The van der Waals surface area contributed by atoms with Crippen molar-refractivity contribution in [1.29, 1.82) is 0 Å². The number of hydrogen-bond donors (Lipinski definition) is 1. The molecule has 0 aliphatic heterocycles. The molecule has 0 spiro atoms. The van der Waals surface area contributed by atoms with E-state index in [1.54, 1.807) is 6.20 Å². The third-order valence-electron chi connectivity index (χ3n) is 1.91. The Bertz CT molecular complexity index is 268. The van der Waals surface area contributed by atoms with Crippen LogP contribution in [0.5, 0.6) is 6.01 Å². The van der Waals surface area contributed by atoms with Gasteiger partial charge in [-0.15, -0.1) is 0 Å². The molecule has 0 saturated carbocycles. The Morgan fingerprint density at radius 2 is 2.31 bits per heavy atom. The summed E-state index contributed by atoms with van der Waals surface area (Å²) in [5, 5.41) is 0. The van der Waals surface area contributed by atoms with Gasteiger partial charge in [-0.05, 0) is 20.8 Å². The highest BCUT2D eigenvalue weighted by molar-refractivity contribution is 5.12.